The topological polar surface area (TPSA) is 64.1 Å². The van der Waals surface area contributed by atoms with Gasteiger partial charge in [0.15, 0.2) is 0 Å². The van der Waals surface area contributed by atoms with Crippen molar-refractivity contribution in [1.82, 2.24) is 14.1 Å². The Bertz CT molecular complexity index is 974. The van der Waals surface area contributed by atoms with Gasteiger partial charge in [0.1, 0.15) is 5.75 Å². The van der Waals surface area contributed by atoms with Gasteiger partial charge in [0.2, 0.25) is 10.0 Å². The first-order valence-electron chi connectivity index (χ1n) is 11.0. The van der Waals surface area contributed by atoms with Crippen LogP contribution < -0.4 is 0 Å². The highest BCUT2D eigenvalue weighted by atomic mass is 32.2. The number of phenolic OH excluding ortho intramolecular Hbond substituents is 1. The molecule has 0 spiro atoms. The summed E-state index contributed by atoms with van der Waals surface area (Å²) in [5, 5.41) is 10.1. The predicted molar refractivity (Wildman–Crippen MR) is 125 cm³/mol. The highest BCUT2D eigenvalue weighted by molar-refractivity contribution is 7.89. The zero-order chi connectivity index (χ0) is 22.8. The van der Waals surface area contributed by atoms with Crippen molar-refractivity contribution < 1.29 is 13.5 Å². The van der Waals surface area contributed by atoms with E-state index in [1.807, 2.05) is 38.1 Å². The summed E-state index contributed by atoms with van der Waals surface area (Å²) in [5.74, 6) is 0.234. The van der Waals surface area contributed by atoms with Crippen LogP contribution in [0.4, 0.5) is 0 Å². The number of piperazine rings is 1. The van der Waals surface area contributed by atoms with Crippen LogP contribution in [0.3, 0.4) is 0 Å². The second kappa shape index (κ2) is 9.69. The van der Waals surface area contributed by atoms with E-state index in [-0.39, 0.29) is 11.8 Å². The second-order valence-electron chi connectivity index (χ2n) is 8.49. The van der Waals surface area contributed by atoms with Gasteiger partial charge in [-0.05, 0) is 56.3 Å². The molecule has 1 N–H and O–H groups in total. The van der Waals surface area contributed by atoms with Crippen LogP contribution in [0.1, 0.15) is 44.9 Å². The summed E-state index contributed by atoms with van der Waals surface area (Å²) in [5.41, 5.74) is 2.02. The van der Waals surface area contributed by atoms with Crippen LogP contribution in [0.15, 0.2) is 53.4 Å². The maximum Gasteiger partial charge on any atom is 0.243 e. The normalized spacial score (nSPS) is 22.0. The van der Waals surface area contributed by atoms with Crippen molar-refractivity contribution in [1.29, 1.82) is 0 Å². The minimum atomic E-state index is -3.49. The standard InChI is InChI=1S/C24H35N3O3S/c1-6-26(7-2)31(29,30)23-13-11-20(12-14-23)24(21-9-8-10-22(28)15-21)27-17-18(3)25(5)16-19(27)4/h8-15,18-19,24,28H,6-7,16-17H2,1-5H3. The van der Waals surface area contributed by atoms with Crippen molar-refractivity contribution in [3.63, 3.8) is 0 Å². The average molecular weight is 446 g/mol. The van der Waals surface area contributed by atoms with Crippen molar-refractivity contribution >= 4 is 10.0 Å². The zero-order valence-electron chi connectivity index (χ0n) is 19.2. The molecular weight excluding hydrogens is 410 g/mol. The maximum atomic E-state index is 12.9. The van der Waals surface area contributed by atoms with Crippen LogP contribution in [-0.2, 0) is 10.0 Å². The molecule has 2 aromatic carbocycles. The molecule has 0 aromatic heterocycles. The Hall–Kier alpha value is -1.93. The van der Waals surface area contributed by atoms with Gasteiger partial charge >= 0.3 is 0 Å². The molecule has 1 fully saturated rings. The van der Waals surface area contributed by atoms with Crippen molar-refractivity contribution in [3.8, 4) is 5.75 Å². The molecule has 7 heteroatoms. The minimum Gasteiger partial charge on any atom is -0.508 e. The number of hydrogen-bond acceptors (Lipinski definition) is 5. The van der Waals surface area contributed by atoms with Crippen LogP contribution in [0.25, 0.3) is 0 Å². The monoisotopic (exact) mass is 445 g/mol. The molecule has 0 radical (unpaired) electrons. The number of benzene rings is 2. The van der Waals surface area contributed by atoms with E-state index in [4.69, 9.17) is 0 Å². The molecule has 2 aromatic rings. The van der Waals surface area contributed by atoms with Crippen LogP contribution >= 0.6 is 0 Å². The van der Waals surface area contributed by atoms with Gasteiger partial charge in [0, 0.05) is 38.3 Å². The van der Waals surface area contributed by atoms with Crippen molar-refractivity contribution in [3.05, 3.63) is 59.7 Å². The number of likely N-dealkylation sites (N-methyl/N-ethyl adjacent to an activating group) is 1. The summed E-state index contributed by atoms with van der Waals surface area (Å²) in [4.78, 5) is 5.13. The van der Waals surface area contributed by atoms with E-state index in [2.05, 4.69) is 30.7 Å². The second-order valence-corrected chi connectivity index (χ2v) is 10.4. The van der Waals surface area contributed by atoms with Crippen LogP contribution in [0.2, 0.25) is 0 Å². The van der Waals surface area contributed by atoms with Gasteiger partial charge in [-0.3, -0.25) is 4.90 Å². The molecule has 6 nitrogen and oxygen atoms in total. The number of phenols is 1. The van der Waals surface area contributed by atoms with Gasteiger partial charge in [0.25, 0.3) is 0 Å². The lowest BCUT2D eigenvalue weighted by Gasteiger charge is -2.46. The van der Waals surface area contributed by atoms with E-state index < -0.39 is 10.0 Å². The lowest BCUT2D eigenvalue weighted by atomic mass is 9.93. The van der Waals surface area contributed by atoms with E-state index in [0.717, 1.165) is 24.2 Å². The predicted octanol–water partition coefficient (Wildman–Crippen LogP) is 3.54. The first-order chi connectivity index (χ1) is 14.7. The summed E-state index contributed by atoms with van der Waals surface area (Å²) in [6.45, 7) is 10.9. The number of sulfonamides is 1. The number of nitrogens with zero attached hydrogens (tertiary/aromatic N) is 3. The fraction of sp³-hybridized carbons (Fsp3) is 0.500. The Morgan fingerprint density at radius 1 is 1.00 bits per heavy atom. The van der Waals surface area contributed by atoms with Gasteiger partial charge in [-0.1, -0.05) is 38.1 Å². The molecule has 31 heavy (non-hydrogen) atoms. The molecule has 3 atom stereocenters. The van der Waals surface area contributed by atoms with Crippen molar-refractivity contribution in [2.45, 2.75) is 50.7 Å². The third kappa shape index (κ3) is 4.95. The van der Waals surface area contributed by atoms with Gasteiger partial charge in [-0.25, -0.2) is 8.42 Å². The maximum absolute atomic E-state index is 12.9. The Balaban J connectivity index is 2.02. The molecule has 170 valence electrons. The molecular formula is C24H35N3O3S. The largest absolute Gasteiger partial charge is 0.508 e. The van der Waals surface area contributed by atoms with Crippen LogP contribution in [-0.4, -0.2) is 72.9 Å². The van der Waals surface area contributed by atoms with Gasteiger partial charge in [-0.15, -0.1) is 0 Å². The van der Waals surface area contributed by atoms with Gasteiger partial charge in [-0.2, -0.15) is 4.31 Å². The molecule has 1 heterocycles. The first kappa shape index (κ1) is 23.7. The van der Waals surface area contributed by atoms with Gasteiger partial charge < -0.3 is 10.0 Å². The van der Waals surface area contributed by atoms with Gasteiger partial charge in [0.05, 0.1) is 10.9 Å². The lowest BCUT2D eigenvalue weighted by molar-refractivity contribution is 0.0389. The molecule has 1 aliphatic rings. The SMILES string of the molecule is CCN(CC)S(=O)(=O)c1ccc(C(c2cccc(O)c2)N2CC(C)N(C)CC2C)cc1. The molecule has 1 aliphatic heterocycles. The molecule has 0 amide bonds. The zero-order valence-corrected chi connectivity index (χ0v) is 20.0. The molecule has 0 bridgehead atoms. The van der Waals surface area contributed by atoms with E-state index >= 15 is 0 Å². The quantitative estimate of drug-likeness (QED) is 0.706. The summed E-state index contributed by atoms with van der Waals surface area (Å²) >= 11 is 0. The average Bonchev–Trinajstić information content (AvgIpc) is 2.73. The Kier molecular flexibility index (Phi) is 7.42. The summed E-state index contributed by atoms with van der Waals surface area (Å²) in [6, 6.07) is 15.3. The summed E-state index contributed by atoms with van der Waals surface area (Å²) in [7, 11) is -1.35. The highest BCUT2D eigenvalue weighted by Gasteiger charge is 2.34. The summed E-state index contributed by atoms with van der Waals surface area (Å²) in [6.07, 6.45) is 0. The lowest BCUT2D eigenvalue weighted by Crippen LogP contribution is -2.55. The third-order valence-electron chi connectivity index (χ3n) is 6.40. The fourth-order valence-corrected chi connectivity index (χ4v) is 5.95. The van der Waals surface area contributed by atoms with E-state index in [1.165, 1.54) is 4.31 Å². The first-order valence-corrected chi connectivity index (χ1v) is 12.5. The Labute approximate surface area is 187 Å². The third-order valence-corrected chi connectivity index (χ3v) is 8.47. The Morgan fingerprint density at radius 3 is 2.23 bits per heavy atom. The Morgan fingerprint density at radius 2 is 1.65 bits per heavy atom. The number of rotatable bonds is 7. The molecule has 3 rings (SSSR count). The number of hydrogen-bond donors (Lipinski definition) is 1. The van der Waals surface area contributed by atoms with Crippen molar-refractivity contribution in [2.75, 3.05) is 33.2 Å². The van der Waals surface area contributed by atoms with Crippen LogP contribution in [0.5, 0.6) is 5.75 Å². The van der Waals surface area contributed by atoms with E-state index in [1.54, 1.807) is 24.3 Å². The fourth-order valence-electron chi connectivity index (χ4n) is 4.49. The number of aromatic hydroxyl groups is 1. The van der Waals surface area contributed by atoms with E-state index in [9.17, 15) is 13.5 Å². The van der Waals surface area contributed by atoms with Crippen molar-refractivity contribution in [2.24, 2.45) is 0 Å². The molecule has 3 unspecified atom stereocenters. The highest BCUT2D eigenvalue weighted by Crippen LogP contribution is 2.34. The smallest absolute Gasteiger partial charge is 0.243 e. The van der Waals surface area contributed by atoms with E-state index in [0.29, 0.717) is 30.1 Å². The minimum absolute atomic E-state index is 0.0662. The molecule has 0 aliphatic carbocycles. The van der Waals surface area contributed by atoms with Crippen LogP contribution in [0, 0.1) is 0 Å². The molecule has 1 saturated heterocycles. The molecule has 0 saturated carbocycles. The summed E-state index contributed by atoms with van der Waals surface area (Å²) < 4.78 is 27.3.